The SMILES string of the molecule is COc1ccc(-c2cc(C(F)(F)F)n3ncc(C(=O)N4CC[NH+](Cc5ccccc5)CC4)c3n2)cc1OC. The molecule has 0 spiro atoms. The molecule has 198 valence electrons. The van der Waals surface area contributed by atoms with Gasteiger partial charge >= 0.3 is 6.18 Å². The van der Waals surface area contributed by atoms with Crippen LogP contribution in [-0.2, 0) is 12.7 Å². The minimum atomic E-state index is -4.72. The van der Waals surface area contributed by atoms with Crippen molar-refractivity contribution >= 4 is 11.6 Å². The summed E-state index contributed by atoms with van der Waals surface area (Å²) in [4.78, 5) is 20.9. The Kier molecular flexibility index (Phi) is 6.94. The van der Waals surface area contributed by atoms with Gasteiger partial charge in [0.2, 0.25) is 0 Å². The molecule has 11 heteroatoms. The van der Waals surface area contributed by atoms with Crippen molar-refractivity contribution in [3.8, 4) is 22.8 Å². The van der Waals surface area contributed by atoms with Gasteiger partial charge in [-0.25, -0.2) is 9.50 Å². The number of nitrogens with one attached hydrogen (secondary N) is 1. The molecule has 0 unspecified atom stereocenters. The van der Waals surface area contributed by atoms with E-state index in [1.165, 1.54) is 30.9 Å². The fourth-order valence-electron chi connectivity index (χ4n) is 4.72. The maximum atomic E-state index is 14.0. The van der Waals surface area contributed by atoms with Crippen LogP contribution in [0.3, 0.4) is 0 Å². The molecule has 1 aliphatic rings. The summed E-state index contributed by atoms with van der Waals surface area (Å²) in [5, 5.41) is 3.90. The van der Waals surface area contributed by atoms with E-state index in [0.717, 1.165) is 25.7 Å². The smallest absolute Gasteiger partial charge is 0.433 e. The van der Waals surface area contributed by atoms with Gasteiger partial charge in [-0.3, -0.25) is 4.79 Å². The molecule has 1 N–H and O–H groups in total. The zero-order chi connectivity index (χ0) is 26.9. The quantitative estimate of drug-likeness (QED) is 0.418. The first-order valence-corrected chi connectivity index (χ1v) is 12.1. The first-order valence-electron chi connectivity index (χ1n) is 12.1. The summed E-state index contributed by atoms with van der Waals surface area (Å²) >= 11 is 0. The summed E-state index contributed by atoms with van der Waals surface area (Å²) in [7, 11) is 2.91. The molecule has 1 fully saturated rings. The van der Waals surface area contributed by atoms with Crippen molar-refractivity contribution in [1.82, 2.24) is 19.5 Å². The van der Waals surface area contributed by atoms with Crippen molar-refractivity contribution < 1.29 is 32.3 Å². The fraction of sp³-hybridized carbons (Fsp3) is 0.296. The van der Waals surface area contributed by atoms with Gasteiger partial charge in [0.15, 0.2) is 22.8 Å². The van der Waals surface area contributed by atoms with E-state index in [0.29, 0.717) is 34.7 Å². The number of amides is 1. The molecule has 0 radical (unpaired) electrons. The molecule has 0 bridgehead atoms. The number of halogens is 3. The number of fused-ring (bicyclic) bond motifs is 1. The van der Waals surface area contributed by atoms with Gasteiger partial charge in [-0.15, -0.1) is 0 Å². The Labute approximate surface area is 217 Å². The Morgan fingerprint density at radius 2 is 1.71 bits per heavy atom. The average molecular weight is 527 g/mol. The third-order valence-electron chi connectivity index (χ3n) is 6.73. The van der Waals surface area contributed by atoms with Gasteiger partial charge < -0.3 is 19.3 Å². The van der Waals surface area contributed by atoms with Crippen LogP contribution in [0.5, 0.6) is 11.5 Å². The molecule has 38 heavy (non-hydrogen) atoms. The van der Waals surface area contributed by atoms with E-state index in [1.807, 2.05) is 18.2 Å². The van der Waals surface area contributed by atoms with Crippen molar-refractivity contribution in [1.29, 1.82) is 0 Å². The number of carbonyl (C=O) groups is 1. The number of nitrogens with zero attached hydrogens (tertiary/aromatic N) is 4. The highest BCUT2D eigenvalue weighted by Crippen LogP contribution is 2.36. The van der Waals surface area contributed by atoms with Gasteiger partial charge in [-0.1, -0.05) is 30.3 Å². The first kappa shape index (κ1) is 25.5. The number of rotatable bonds is 6. The highest BCUT2D eigenvalue weighted by atomic mass is 19.4. The first-order chi connectivity index (χ1) is 18.3. The van der Waals surface area contributed by atoms with Gasteiger partial charge in [0.25, 0.3) is 5.91 Å². The zero-order valence-electron chi connectivity index (χ0n) is 21.0. The van der Waals surface area contributed by atoms with Gasteiger partial charge in [0.1, 0.15) is 12.1 Å². The lowest BCUT2D eigenvalue weighted by atomic mass is 10.1. The number of ether oxygens (including phenoxy) is 2. The van der Waals surface area contributed by atoms with Crippen LogP contribution >= 0.6 is 0 Å². The van der Waals surface area contributed by atoms with E-state index >= 15 is 0 Å². The summed E-state index contributed by atoms with van der Waals surface area (Å²) in [5.41, 5.74) is 0.503. The topological polar surface area (TPSA) is 73.4 Å². The number of quaternary nitrogens is 1. The molecule has 2 aromatic carbocycles. The molecular weight excluding hydrogens is 499 g/mol. The number of aromatic nitrogens is 3. The van der Waals surface area contributed by atoms with Crippen LogP contribution in [0.15, 0.2) is 60.8 Å². The van der Waals surface area contributed by atoms with E-state index in [2.05, 4.69) is 22.2 Å². The molecular formula is C27H27F3N5O3+. The van der Waals surface area contributed by atoms with E-state index in [9.17, 15) is 18.0 Å². The van der Waals surface area contributed by atoms with Crippen LogP contribution in [-0.4, -0.2) is 65.8 Å². The molecule has 0 saturated carbocycles. The lowest BCUT2D eigenvalue weighted by Gasteiger charge is -2.32. The number of piperazine rings is 1. The highest BCUT2D eigenvalue weighted by molar-refractivity contribution is 6.00. The second kappa shape index (κ2) is 10.3. The van der Waals surface area contributed by atoms with Crippen LogP contribution in [0.25, 0.3) is 16.9 Å². The molecule has 5 rings (SSSR count). The Balaban J connectivity index is 1.45. The average Bonchev–Trinajstić information content (AvgIpc) is 3.36. The third-order valence-corrected chi connectivity index (χ3v) is 6.73. The van der Waals surface area contributed by atoms with Crippen molar-refractivity contribution in [3.05, 3.63) is 77.6 Å². The summed E-state index contributed by atoms with van der Waals surface area (Å²) in [6, 6.07) is 15.8. The molecule has 2 aromatic heterocycles. The Morgan fingerprint density at radius 1 is 1.00 bits per heavy atom. The van der Waals surface area contributed by atoms with E-state index < -0.39 is 11.9 Å². The molecule has 1 amide bonds. The molecule has 0 atom stereocenters. The van der Waals surface area contributed by atoms with Crippen molar-refractivity contribution in [2.45, 2.75) is 12.7 Å². The number of carbonyl (C=O) groups excluding carboxylic acids is 1. The normalized spacial score (nSPS) is 14.6. The van der Waals surface area contributed by atoms with Gasteiger partial charge in [-0.2, -0.15) is 18.3 Å². The molecule has 4 aromatic rings. The monoisotopic (exact) mass is 526 g/mol. The summed E-state index contributed by atoms with van der Waals surface area (Å²) in [6.07, 6.45) is -3.55. The predicted octanol–water partition coefficient (Wildman–Crippen LogP) is 2.97. The summed E-state index contributed by atoms with van der Waals surface area (Å²) in [6.45, 7) is 3.29. The second-order valence-electron chi connectivity index (χ2n) is 9.09. The minimum Gasteiger partial charge on any atom is -0.493 e. The number of alkyl halides is 3. The summed E-state index contributed by atoms with van der Waals surface area (Å²) < 4.78 is 53.3. The van der Waals surface area contributed by atoms with Crippen LogP contribution in [0.1, 0.15) is 21.6 Å². The van der Waals surface area contributed by atoms with Crippen LogP contribution in [0, 0.1) is 0 Å². The molecule has 1 aliphatic heterocycles. The molecule has 8 nitrogen and oxygen atoms in total. The lowest BCUT2D eigenvalue weighted by molar-refractivity contribution is -0.917. The van der Waals surface area contributed by atoms with Gasteiger partial charge in [0.05, 0.1) is 52.3 Å². The molecule has 0 aliphatic carbocycles. The largest absolute Gasteiger partial charge is 0.493 e. The van der Waals surface area contributed by atoms with E-state index in [1.54, 1.807) is 23.1 Å². The van der Waals surface area contributed by atoms with Crippen molar-refractivity contribution in [3.63, 3.8) is 0 Å². The maximum absolute atomic E-state index is 14.0. The summed E-state index contributed by atoms with van der Waals surface area (Å²) in [5.74, 6) is 0.395. The van der Waals surface area contributed by atoms with Crippen LogP contribution in [0.2, 0.25) is 0 Å². The number of methoxy groups -OCH3 is 2. The number of benzene rings is 2. The van der Waals surface area contributed by atoms with Gasteiger partial charge in [-0.05, 0) is 24.3 Å². The molecule has 1 saturated heterocycles. The Bertz CT molecular complexity index is 1450. The second-order valence-corrected chi connectivity index (χ2v) is 9.09. The van der Waals surface area contributed by atoms with E-state index in [4.69, 9.17) is 9.47 Å². The Hall–Kier alpha value is -4.12. The zero-order valence-corrected chi connectivity index (χ0v) is 21.0. The predicted molar refractivity (Wildman–Crippen MR) is 133 cm³/mol. The van der Waals surface area contributed by atoms with Crippen molar-refractivity contribution in [2.24, 2.45) is 0 Å². The fourth-order valence-corrected chi connectivity index (χ4v) is 4.72. The lowest BCUT2D eigenvalue weighted by Crippen LogP contribution is -3.13. The number of hydrogen-bond donors (Lipinski definition) is 1. The van der Waals surface area contributed by atoms with Crippen LogP contribution in [0.4, 0.5) is 13.2 Å². The van der Waals surface area contributed by atoms with Crippen LogP contribution < -0.4 is 14.4 Å². The third kappa shape index (κ3) is 5.01. The van der Waals surface area contributed by atoms with Crippen molar-refractivity contribution in [2.75, 3.05) is 40.4 Å². The highest BCUT2D eigenvalue weighted by Gasteiger charge is 2.37. The van der Waals surface area contributed by atoms with Gasteiger partial charge in [0, 0.05) is 11.1 Å². The Morgan fingerprint density at radius 3 is 2.37 bits per heavy atom. The number of hydrogen-bond acceptors (Lipinski definition) is 5. The van der Waals surface area contributed by atoms with E-state index in [-0.39, 0.29) is 22.8 Å². The molecule has 3 heterocycles. The minimum absolute atomic E-state index is 0.0318. The standard InChI is InChI=1S/C27H26F3N5O3/c1-37-22-9-8-19(14-23(22)38-2)21-15-24(27(28,29)30)35-25(32-21)20(16-31-35)26(36)34-12-10-33(11-13-34)17-18-6-4-3-5-7-18/h3-9,14-16H,10-13,17H2,1-2H3/p+1. The maximum Gasteiger partial charge on any atom is 0.433 e.